The molecular weight excluding hydrogens is 480 g/mol. The van der Waals surface area contributed by atoms with Gasteiger partial charge in [0.25, 0.3) is 0 Å². The second-order valence-corrected chi connectivity index (χ2v) is 11.4. The first-order chi connectivity index (χ1) is 16.4. The van der Waals surface area contributed by atoms with Crippen LogP contribution < -0.4 is 0 Å². The molecule has 0 saturated carbocycles. The molecule has 0 bridgehead atoms. The molecule has 0 aromatic rings. The van der Waals surface area contributed by atoms with Crippen LogP contribution in [-0.2, 0) is 57.3 Å². The van der Waals surface area contributed by atoms with Gasteiger partial charge in [0.05, 0.1) is 49.4 Å². The smallest absolute Gasteiger partial charge is 0.320 e. The van der Waals surface area contributed by atoms with Crippen molar-refractivity contribution in [1.82, 2.24) is 0 Å². The first-order valence-corrected chi connectivity index (χ1v) is 11.4. The Kier molecular flexibility index (Phi) is 6.95. The molecule has 0 radical (unpaired) electrons. The zero-order valence-electron chi connectivity index (χ0n) is 20.6. The number of hydrogen-bond acceptors (Lipinski definition) is 12. The van der Waals surface area contributed by atoms with E-state index in [1.807, 2.05) is 0 Å². The quantitative estimate of drug-likeness (QED) is 0.304. The number of hydrogen-bond donors (Lipinski definition) is 0. The molecule has 0 aromatic heterocycles. The SMILES string of the molecule is CC1(CC2(C)CC(=O)OC(=O)C2)CC(=O)OC(=O)C1.CC1(CC2(C)CC(=O)OC2=O)CC(=O)OC1=O. The summed E-state index contributed by atoms with van der Waals surface area (Å²) >= 11 is 0. The van der Waals surface area contributed by atoms with Crippen molar-refractivity contribution < 1.29 is 57.3 Å². The minimum Gasteiger partial charge on any atom is -0.393 e. The molecule has 4 heterocycles. The van der Waals surface area contributed by atoms with E-state index in [-0.39, 0.29) is 44.9 Å². The number of cyclic esters (lactones) is 8. The van der Waals surface area contributed by atoms with E-state index in [0.29, 0.717) is 6.42 Å². The highest BCUT2D eigenvalue weighted by Gasteiger charge is 2.55. The van der Waals surface area contributed by atoms with Crippen molar-refractivity contribution >= 4 is 47.8 Å². The van der Waals surface area contributed by atoms with Crippen LogP contribution in [0.1, 0.15) is 79.1 Å². The number of carbonyl (C=O) groups excluding carboxylic acids is 8. The van der Waals surface area contributed by atoms with E-state index in [1.54, 1.807) is 27.7 Å². The summed E-state index contributed by atoms with van der Waals surface area (Å²) in [5, 5.41) is 0. The highest BCUT2D eigenvalue weighted by molar-refractivity contribution is 6.00. The van der Waals surface area contributed by atoms with Crippen molar-refractivity contribution in [2.24, 2.45) is 21.7 Å². The summed E-state index contributed by atoms with van der Waals surface area (Å²) in [6, 6.07) is 0. The topological polar surface area (TPSA) is 173 Å². The van der Waals surface area contributed by atoms with Gasteiger partial charge in [-0.25, -0.2) is 0 Å². The van der Waals surface area contributed by atoms with Crippen molar-refractivity contribution in [3.63, 3.8) is 0 Å². The van der Waals surface area contributed by atoms with Crippen molar-refractivity contribution in [3.05, 3.63) is 0 Å². The first kappa shape index (κ1) is 27.2. The maximum Gasteiger partial charge on any atom is 0.320 e. The molecule has 36 heavy (non-hydrogen) atoms. The maximum absolute atomic E-state index is 11.5. The Morgan fingerprint density at radius 3 is 0.972 bits per heavy atom. The van der Waals surface area contributed by atoms with Gasteiger partial charge in [-0.2, -0.15) is 0 Å². The van der Waals surface area contributed by atoms with Crippen molar-refractivity contribution in [2.45, 2.75) is 79.1 Å². The molecule has 2 atom stereocenters. The maximum atomic E-state index is 11.5. The Hall–Kier alpha value is -3.44. The average Bonchev–Trinajstić information content (AvgIpc) is 3.03. The number of carbonyl (C=O) groups is 8. The Morgan fingerprint density at radius 1 is 0.444 bits per heavy atom. The van der Waals surface area contributed by atoms with Crippen LogP contribution in [-0.4, -0.2) is 47.8 Å². The van der Waals surface area contributed by atoms with Gasteiger partial charge in [-0.1, -0.05) is 13.8 Å². The van der Waals surface area contributed by atoms with E-state index < -0.39 is 69.4 Å². The second-order valence-electron chi connectivity index (χ2n) is 11.4. The molecule has 0 amide bonds. The molecule has 0 aromatic carbocycles. The van der Waals surface area contributed by atoms with Gasteiger partial charge in [0.2, 0.25) is 0 Å². The molecular formula is C24H28O12. The predicted octanol–water partition coefficient (Wildman–Crippen LogP) is 1.45. The third-order valence-electron chi connectivity index (χ3n) is 6.84. The van der Waals surface area contributed by atoms with Crippen molar-refractivity contribution in [2.75, 3.05) is 0 Å². The standard InChI is InChI=1S/C13H16O6.C11H12O6/c1-12(3-8(14)18-9(15)4-12)7-13(2)5-10(16)19-11(17)6-13;1-10(3-6(12)16-8(10)14)5-11(2)4-7(13)17-9(11)15/h3-7H2,1-2H3;3-5H2,1-2H3. The van der Waals surface area contributed by atoms with Gasteiger partial charge in [-0.05, 0) is 37.5 Å². The van der Waals surface area contributed by atoms with Crippen molar-refractivity contribution in [3.8, 4) is 0 Å². The minimum absolute atomic E-state index is 0.0666. The normalized spacial score (nSPS) is 31.2. The van der Waals surface area contributed by atoms with Gasteiger partial charge in [0.15, 0.2) is 0 Å². The Morgan fingerprint density at radius 2 is 0.722 bits per heavy atom. The summed E-state index contributed by atoms with van der Waals surface area (Å²) in [6.07, 6.45) is 0.868. The summed E-state index contributed by atoms with van der Waals surface area (Å²) in [4.78, 5) is 90.7. The Balaban J connectivity index is 0.000000202. The molecule has 2 unspecified atom stereocenters. The lowest BCUT2D eigenvalue weighted by atomic mass is 9.66. The molecule has 12 nitrogen and oxygen atoms in total. The van der Waals surface area contributed by atoms with E-state index in [1.165, 1.54) is 0 Å². The van der Waals surface area contributed by atoms with Crippen LogP contribution in [0.3, 0.4) is 0 Å². The molecule has 4 fully saturated rings. The second kappa shape index (κ2) is 9.21. The summed E-state index contributed by atoms with van der Waals surface area (Å²) in [5.41, 5.74) is -3.23. The van der Waals surface area contributed by atoms with Crippen LogP contribution >= 0.6 is 0 Å². The van der Waals surface area contributed by atoms with Crippen LogP contribution in [0.2, 0.25) is 0 Å². The van der Waals surface area contributed by atoms with E-state index in [2.05, 4.69) is 18.9 Å². The fraction of sp³-hybridized carbons (Fsp3) is 0.667. The van der Waals surface area contributed by atoms with Gasteiger partial charge in [-0.15, -0.1) is 0 Å². The molecule has 4 aliphatic heterocycles. The molecule has 4 rings (SSSR count). The van der Waals surface area contributed by atoms with E-state index >= 15 is 0 Å². The molecule has 12 heteroatoms. The number of esters is 8. The van der Waals surface area contributed by atoms with Crippen molar-refractivity contribution in [1.29, 1.82) is 0 Å². The largest absolute Gasteiger partial charge is 0.393 e. The zero-order valence-corrected chi connectivity index (χ0v) is 20.6. The molecule has 4 aliphatic rings. The van der Waals surface area contributed by atoms with E-state index in [0.717, 1.165) is 0 Å². The predicted molar refractivity (Wildman–Crippen MR) is 114 cm³/mol. The van der Waals surface area contributed by atoms with Gasteiger partial charge in [0, 0.05) is 0 Å². The number of rotatable bonds is 4. The van der Waals surface area contributed by atoms with Crippen LogP contribution in [0.5, 0.6) is 0 Å². The molecule has 0 N–H and O–H groups in total. The Bertz CT molecular complexity index is 957. The number of ether oxygens (including phenoxy) is 4. The lowest BCUT2D eigenvalue weighted by Gasteiger charge is -2.40. The highest BCUT2D eigenvalue weighted by Crippen LogP contribution is 2.47. The average molecular weight is 508 g/mol. The monoisotopic (exact) mass is 508 g/mol. The lowest BCUT2D eigenvalue weighted by molar-refractivity contribution is -0.173. The van der Waals surface area contributed by atoms with Gasteiger partial charge in [0.1, 0.15) is 0 Å². The molecule has 0 spiro atoms. The molecule has 4 saturated heterocycles. The summed E-state index contributed by atoms with van der Waals surface area (Å²) in [5.74, 6) is -4.68. The lowest BCUT2D eigenvalue weighted by Crippen LogP contribution is -2.41. The van der Waals surface area contributed by atoms with Crippen LogP contribution in [0.4, 0.5) is 0 Å². The first-order valence-electron chi connectivity index (χ1n) is 11.4. The summed E-state index contributed by atoms with van der Waals surface area (Å²) < 4.78 is 18.0. The summed E-state index contributed by atoms with van der Waals surface area (Å²) in [6.45, 7) is 6.73. The summed E-state index contributed by atoms with van der Waals surface area (Å²) in [7, 11) is 0. The minimum atomic E-state index is -1.05. The third kappa shape index (κ3) is 6.03. The van der Waals surface area contributed by atoms with Crippen LogP contribution in [0.25, 0.3) is 0 Å². The van der Waals surface area contributed by atoms with Gasteiger partial charge in [-0.3, -0.25) is 38.4 Å². The van der Waals surface area contributed by atoms with E-state index in [9.17, 15) is 38.4 Å². The fourth-order valence-corrected chi connectivity index (χ4v) is 5.63. The Labute approximate surface area is 206 Å². The third-order valence-corrected chi connectivity index (χ3v) is 6.84. The highest BCUT2D eigenvalue weighted by atomic mass is 16.6. The van der Waals surface area contributed by atoms with Gasteiger partial charge < -0.3 is 18.9 Å². The fourth-order valence-electron chi connectivity index (χ4n) is 5.63. The van der Waals surface area contributed by atoms with Crippen LogP contribution in [0, 0.1) is 21.7 Å². The molecule has 196 valence electrons. The van der Waals surface area contributed by atoms with Gasteiger partial charge >= 0.3 is 47.8 Å². The molecule has 0 aliphatic carbocycles. The van der Waals surface area contributed by atoms with Crippen LogP contribution in [0.15, 0.2) is 0 Å². The van der Waals surface area contributed by atoms with E-state index in [4.69, 9.17) is 0 Å². The zero-order chi connectivity index (χ0) is 27.1.